The molecule has 9 nitrogen and oxygen atoms in total. The van der Waals surface area contributed by atoms with Crippen molar-refractivity contribution in [3.05, 3.63) is 34.6 Å². The lowest BCUT2D eigenvalue weighted by Gasteiger charge is -2.13. The highest BCUT2D eigenvalue weighted by Crippen LogP contribution is 2.29. The summed E-state index contributed by atoms with van der Waals surface area (Å²) in [6.07, 6.45) is 0. The largest absolute Gasteiger partial charge is 0.490 e. The Balaban J connectivity index is 1.61. The lowest BCUT2D eigenvalue weighted by Crippen LogP contribution is -2.14. The molecule has 0 radical (unpaired) electrons. The second kappa shape index (κ2) is 10.4. The molecule has 0 unspecified atom stereocenters. The summed E-state index contributed by atoms with van der Waals surface area (Å²) in [5.74, 6) is 2.08. The molecule has 1 N–H and O–H groups in total. The third kappa shape index (κ3) is 5.70. The molecule has 0 atom stereocenters. The highest BCUT2D eigenvalue weighted by atomic mass is 32.2. The van der Waals surface area contributed by atoms with Gasteiger partial charge in [-0.1, -0.05) is 29.2 Å². The predicted molar refractivity (Wildman–Crippen MR) is 116 cm³/mol. The number of hydrogen-bond acceptors (Lipinski definition) is 9. The molecular formula is C19H24N6O3S2. The van der Waals surface area contributed by atoms with Crippen LogP contribution in [-0.2, 0) is 17.9 Å². The van der Waals surface area contributed by atoms with E-state index in [0.717, 1.165) is 10.6 Å². The molecule has 0 bridgehead atoms. The van der Waals surface area contributed by atoms with Crippen molar-refractivity contribution in [1.82, 2.24) is 25.0 Å². The zero-order chi connectivity index (χ0) is 21.5. The standard InChI is InChI=1S/C19H24N6O3S2/c1-5-25-16(10-28-14-8-7-12(3)9-15(14)27-6-2)22-24-19(25)29-11-17(26)20-18-23-21-13(4)30-18/h7-9H,5-6,10-11H2,1-4H3,(H,20,23,26). The minimum atomic E-state index is -0.166. The molecule has 2 aromatic heterocycles. The molecule has 11 heteroatoms. The van der Waals surface area contributed by atoms with Gasteiger partial charge in [-0.25, -0.2) is 0 Å². The minimum Gasteiger partial charge on any atom is -0.490 e. The van der Waals surface area contributed by atoms with Crippen LogP contribution in [0.5, 0.6) is 11.5 Å². The van der Waals surface area contributed by atoms with E-state index < -0.39 is 0 Å². The Kier molecular flexibility index (Phi) is 7.63. The number of aryl methyl sites for hydroxylation is 2. The number of ether oxygens (including phenoxy) is 2. The summed E-state index contributed by atoms with van der Waals surface area (Å²) in [5, 5.41) is 20.9. The fraction of sp³-hybridized carbons (Fsp3) is 0.421. The molecular weight excluding hydrogens is 424 g/mol. The third-order valence-electron chi connectivity index (χ3n) is 3.97. The van der Waals surface area contributed by atoms with Gasteiger partial charge in [-0.05, 0) is 45.4 Å². The smallest absolute Gasteiger partial charge is 0.236 e. The van der Waals surface area contributed by atoms with E-state index in [1.165, 1.54) is 23.1 Å². The van der Waals surface area contributed by atoms with E-state index in [1.54, 1.807) is 0 Å². The van der Waals surface area contributed by atoms with Gasteiger partial charge in [-0.2, -0.15) is 0 Å². The first-order valence-corrected chi connectivity index (χ1v) is 11.3. The van der Waals surface area contributed by atoms with Crippen molar-refractivity contribution in [3.8, 4) is 11.5 Å². The Morgan fingerprint density at radius 3 is 2.67 bits per heavy atom. The molecule has 0 spiro atoms. The predicted octanol–water partition coefficient (Wildman–Crippen LogP) is 3.47. The number of rotatable bonds is 10. The number of thioether (sulfide) groups is 1. The van der Waals surface area contributed by atoms with Gasteiger partial charge in [0.2, 0.25) is 11.0 Å². The first kappa shape index (κ1) is 22.0. The summed E-state index contributed by atoms with van der Waals surface area (Å²) in [6, 6.07) is 5.81. The van der Waals surface area contributed by atoms with E-state index in [4.69, 9.17) is 9.47 Å². The topological polar surface area (TPSA) is 104 Å². The van der Waals surface area contributed by atoms with Crippen molar-refractivity contribution in [2.75, 3.05) is 17.7 Å². The van der Waals surface area contributed by atoms with Crippen LogP contribution in [-0.4, -0.2) is 43.2 Å². The number of benzene rings is 1. The van der Waals surface area contributed by atoms with Gasteiger partial charge >= 0.3 is 0 Å². The fourth-order valence-corrected chi connectivity index (χ4v) is 4.06. The average Bonchev–Trinajstić information content (AvgIpc) is 3.31. The summed E-state index contributed by atoms with van der Waals surface area (Å²) in [4.78, 5) is 12.1. The van der Waals surface area contributed by atoms with Gasteiger partial charge in [0.1, 0.15) is 11.6 Å². The summed E-state index contributed by atoms with van der Waals surface area (Å²) in [6.45, 7) is 9.25. The van der Waals surface area contributed by atoms with Gasteiger partial charge in [0.05, 0.1) is 12.4 Å². The molecule has 0 aliphatic heterocycles. The van der Waals surface area contributed by atoms with Crippen LogP contribution in [0.25, 0.3) is 0 Å². The fourth-order valence-electron chi connectivity index (χ4n) is 2.63. The van der Waals surface area contributed by atoms with Crippen molar-refractivity contribution in [3.63, 3.8) is 0 Å². The maximum Gasteiger partial charge on any atom is 0.236 e. The van der Waals surface area contributed by atoms with Crippen molar-refractivity contribution in [2.24, 2.45) is 0 Å². The number of anilines is 1. The Labute approximate surface area is 183 Å². The Morgan fingerprint density at radius 2 is 1.97 bits per heavy atom. The number of nitrogens with one attached hydrogen (secondary N) is 1. The van der Waals surface area contributed by atoms with Gasteiger partial charge in [0.25, 0.3) is 0 Å². The van der Waals surface area contributed by atoms with E-state index in [2.05, 4.69) is 25.7 Å². The lowest BCUT2D eigenvalue weighted by molar-refractivity contribution is -0.113. The third-order valence-corrected chi connectivity index (χ3v) is 5.69. The van der Waals surface area contributed by atoms with Crippen LogP contribution < -0.4 is 14.8 Å². The Bertz CT molecular complexity index is 1000. The Morgan fingerprint density at radius 1 is 1.13 bits per heavy atom. The molecule has 160 valence electrons. The van der Waals surface area contributed by atoms with Crippen LogP contribution in [0.3, 0.4) is 0 Å². The molecule has 1 aromatic carbocycles. The monoisotopic (exact) mass is 448 g/mol. The van der Waals surface area contributed by atoms with E-state index >= 15 is 0 Å². The number of aromatic nitrogens is 5. The van der Waals surface area contributed by atoms with Crippen molar-refractivity contribution in [2.45, 2.75) is 46.0 Å². The van der Waals surface area contributed by atoms with E-state index in [9.17, 15) is 4.79 Å². The van der Waals surface area contributed by atoms with E-state index in [-0.39, 0.29) is 18.3 Å². The SMILES string of the molecule is CCOc1cc(C)ccc1OCc1nnc(SCC(=O)Nc2nnc(C)s2)n1CC. The molecule has 3 aromatic rings. The van der Waals surface area contributed by atoms with Crippen molar-refractivity contribution in [1.29, 1.82) is 0 Å². The quantitative estimate of drug-likeness (QED) is 0.470. The summed E-state index contributed by atoms with van der Waals surface area (Å²) >= 11 is 2.65. The molecule has 30 heavy (non-hydrogen) atoms. The first-order chi connectivity index (χ1) is 14.5. The second-order valence-corrected chi connectivity index (χ2v) is 8.40. The highest BCUT2D eigenvalue weighted by molar-refractivity contribution is 7.99. The number of amides is 1. The number of nitrogens with zero attached hydrogens (tertiary/aromatic N) is 5. The van der Waals surface area contributed by atoms with Crippen LogP contribution >= 0.6 is 23.1 Å². The molecule has 0 fully saturated rings. The van der Waals surface area contributed by atoms with Crippen LogP contribution in [0.15, 0.2) is 23.4 Å². The number of carbonyl (C=O) groups excluding carboxylic acids is 1. The average molecular weight is 449 g/mol. The van der Waals surface area contributed by atoms with Crippen molar-refractivity contribution >= 4 is 34.1 Å². The van der Waals surface area contributed by atoms with Gasteiger partial charge in [-0.15, -0.1) is 20.4 Å². The zero-order valence-corrected chi connectivity index (χ0v) is 19.0. The summed E-state index contributed by atoms with van der Waals surface area (Å²) < 4.78 is 13.5. The maximum absolute atomic E-state index is 12.1. The Hall–Kier alpha value is -2.66. The van der Waals surface area contributed by atoms with E-state index in [0.29, 0.717) is 40.8 Å². The number of carbonyl (C=O) groups is 1. The van der Waals surface area contributed by atoms with E-state index in [1.807, 2.05) is 50.5 Å². The molecule has 0 saturated carbocycles. The lowest BCUT2D eigenvalue weighted by atomic mass is 10.2. The summed E-state index contributed by atoms with van der Waals surface area (Å²) in [5.41, 5.74) is 1.10. The zero-order valence-electron chi connectivity index (χ0n) is 17.3. The molecule has 0 aliphatic rings. The van der Waals surface area contributed by atoms with Crippen LogP contribution in [0.2, 0.25) is 0 Å². The minimum absolute atomic E-state index is 0.166. The molecule has 3 rings (SSSR count). The molecule has 2 heterocycles. The molecule has 0 saturated heterocycles. The molecule has 0 aliphatic carbocycles. The van der Waals surface area contributed by atoms with Crippen LogP contribution in [0.1, 0.15) is 30.2 Å². The molecule has 1 amide bonds. The number of hydrogen-bond donors (Lipinski definition) is 1. The normalized spacial score (nSPS) is 10.8. The highest BCUT2D eigenvalue weighted by Gasteiger charge is 2.15. The van der Waals surface area contributed by atoms with Crippen molar-refractivity contribution < 1.29 is 14.3 Å². The first-order valence-electron chi connectivity index (χ1n) is 9.51. The second-order valence-electron chi connectivity index (χ2n) is 6.28. The van der Waals surface area contributed by atoms with Gasteiger partial charge < -0.3 is 14.0 Å². The van der Waals surface area contributed by atoms with Crippen LogP contribution in [0.4, 0.5) is 5.13 Å². The maximum atomic E-state index is 12.1. The van der Waals surface area contributed by atoms with Crippen LogP contribution in [0, 0.1) is 13.8 Å². The van der Waals surface area contributed by atoms with Gasteiger partial charge in [0, 0.05) is 6.54 Å². The van der Waals surface area contributed by atoms with Gasteiger partial charge in [0.15, 0.2) is 22.5 Å². The summed E-state index contributed by atoms with van der Waals surface area (Å²) in [7, 11) is 0. The van der Waals surface area contributed by atoms with Gasteiger partial charge in [-0.3, -0.25) is 10.1 Å².